The summed E-state index contributed by atoms with van der Waals surface area (Å²) in [5.74, 6) is 0. The van der Waals surface area contributed by atoms with Gasteiger partial charge in [0.1, 0.15) is 5.01 Å². The minimum Gasteiger partial charge on any atom is -0.361 e. The molecule has 0 spiro atoms. The normalized spacial score (nSPS) is 12.6. The Morgan fingerprint density at radius 2 is 2.07 bits per heavy atom. The minimum absolute atomic E-state index is 0.169. The molecule has 0 amide bonds. The summed E-state index contributed by atoms with van der Waals surface area (Å²) in [6.45, 7) is 8.18. The average molecular weight is 243 g/mol. The quantitative estimate of drug-likeness (QED) is 0.799. The molecule has 1 rings (SSSR count). The fourth-order valence-electron chi connectivity index (χ4n) is 1.13. The van der Waals surface area contributed by atoms with E-state index in [1.165, 1.54) is 0 Å². The van der Waals surface area contributed by atoms with Crippen LogP contribution in [0.3, 0.4) is 0 Å². The SMILES string of the molecule is Cc1csc(C(C)NC(=S)NC(C)C)n1. The van der Waals surface area contributed by atoms with Crippen molar-refractivity contribution in [1.82, 2.24) is 15.6 Å². The van der Waals surface area contributed by atoms with Gasteiger partial charge >= 0.3 is 0 Å². The minimum atomic E-state index is 0.169. The summed E-state index contributed by atoms with van der Waals surface area (Å²) in [5.41, 5.74) is 1.06. The molecule has 0 aliphatic heterocycles. The summed E-state index contributed by atoms with van der Waals surface area (Å²) >= 11 is 6.83. The van der Waals surface area contributed by atoms with Crippen LogP contribution in [0.15, 0.2) is 5.38 Å². The first-order valence-corrected chi connectivity index (χ1v) is 6.27. The van der Waals surface area contributed by atoms with E-state index in [2.05, 4.69) is 36.4 Å². The number of nitrogens with one attached hydrogen (secondary N) is 2. The monoisotopic (exact) mass is 243 g/mol. The predicted molar refractivity (Wildman–Crippen MR) is 69.3 cm³/mol. The van der Waals surface area contributed by atoms with E-state index in [4.69, 9.17) is 12.2 Å². The lowest BCUT2D eigenvalue weighted by molar-refractivity contribution is 0.660. The van der Waals surface area contributed by atoms with Gasteiger partial charge in [0.25, 0.3) is 0 Å². The van der Waals surface area contributed by atoms with Crippen LogP contribution in [0.4, 0.5) is 0 Å². The van der Waals surface area contributed by atoms with E-state index in [0.717, 1.165) is 10.7 Å². The van der Waals surface area contributed by atoms with E-state index in [1.54, 1.807) is 11.3 Å². The molecule has 3 nitrogen and oxygen atoms in total. The van der Waals surface area contributed by atoms with Gasteiger partial charge in [-0.1, -0.05) is 0 Å². The van der Waals surface area contributed by atoms with E-state index in [9.17, 15) is 0 Å². The maximum Gasteiger partial charge on any atom is 0.167 e. The zero-order valence-electron chi connectivity index (χ0n) is 9.50. The number of thiocarbonyl (C=S) groups is 1. The average Bonchev–Trinajstić information content (AvgIpc) is 2.49. The number of aryl methyl sites for hydroxylation is 1. The molecule has 0 aliphatic carbocycles. The van der Waals surface area contributed by atoms with Crippen LogP contribution in [-0.4, -0.2) is 16.1 Å². The molecule has 15 heavy (non-hydrogen) atoms. The van der Waals surface area contributed by atoms with E-state index in [0.29, 0.717) is 11.2 Å². The van der Waals surface area contributed by atoms with Crippen molar-refractivity contribution in [2.75, 3.05) is 0 Å². The van der Waals surface area contributed by atoms with Crippen LogP contribution in [0.2, 0.25) is 0 Å². The molecule has 1 aromatic rings. The molecule has 1 atom stereocenters. The van der Waals surface area contributed by atoms with Crippen LogP contribution in [-0.2, 0) is 0 Å². The van der Waals surface area contributed by atoms with Gasteiger partial charge in [0.15, 0.2) is 5.11 Å². The van der Waals surface area contributed by atoms with Crippen molar-refractivity contribution >= 4 is 28.7 Å². The predicted octanol–water partition coefficient (Wildman–Crippen LogP) is 2.39. The Balaban J connectivity index is 2.48. The van der Waals surface area contributed by atoms with Gasteiger partial charge in [0, 0.05) is 17.1 Å². The van der Waals surface area contributed by atoms with Crippen molar-refractivity contribution in [2.45, 2.75) is 39.8 Å². The highest BCUT2D eigenvalue weighted by molar-refractivity contribution is 7.80. The molecular weight excluding hydrogens is 226 g/mol. The molecule has 0 radical (unpaired) electrons. The summed E-state index contributed by atoms with van der Waals surface area (Å²) < 4.78 is 0. The highest BCUT2D eigenvalue weighted by Crippen LogP contribution is 2.16. The van der Waals surface area contributed by atoms with Crippen LogP contribution >= 0.6 is 23.6 Å². The van der Waals surface area contributed by atoms with Gasteiger partial charge in [-0.3, -0.25) is 0 Å². The van der Waals surface area contributed by atoms with Crippen molar-refractivity contribution in [1.29, 1.82) is 0 Å². The first kappa shape index (κ1) is 12.4. The van der Waals surface area contributed by atoms with Crippen LogP contribution in [0.1, 0.15) is 37.5 Å². The molecule has 2 N–H and O–H groups in total. The van der Waals surface area contributed by atoms with Gasteiger partial charge in [-0.2, -0.15) is 0 Å². The number of nitrogens with zero attached hydrogens (tertiary/aromatic N) is 1. The molecule has 1 aromatic heterocycles. The van der Waals surface area contributed by atoms with Crippen LogP contribution in [0.25, 0.3) is 0 Å². The zero-order valence-corrected chi connectivity index (χ0v) is 11.1. The molecule has 0 saturated carbocycles. The summed E-state index contributed by atoms with van der Waals surface area (Å²) in [5, 5.41) is 10.2. The van der Waals surface area contributed by atoms with Crippen molar-refractivity contribution in [3.8, 4) is 0 Å². The molecular formula is C10H17N3S2. The Morgan fingerprint density at radius 1 is 1.40 bits per heavy atom. The van der Waals surface area contributed by atoms with Gasteiger partial charge in [-0.25, -0.2) is 4.98 Å². The lowest BCUT2D eigenvalue weighted by Crippen LogP contribution is -2.40. The summed E-state index contributed by atoms with van der Waals surface area (Å²) in [4.78, 5) is 4.41. The number of thiazole rings is 1. The van der Waals surface area contributed by atoms with E-state index >= 15 is 0 Å². The molecule has 1 unspecified atom stereocenters. The van der Waals surface area contributed by atoms with Crippen LogP contribution in [0, 0.1) is 6.92 Å². The maximum absolute atomic E-state index is 5.17. The molecule has 5 heteroatoms. The van der Waals surface area contributed by atoms with Gasteiger partial charge in [-0.05, 0) is 39.9 Å². The number of hydrogen-bond donors (Lipinski definition) is 2. The molecule has 0 bridgehead atoms. The number of rotatable bonds is 3. The van der Waals surface area contributed by atoms with Crippen molar-refractivity contribution < 1.29 is 0 Å². The van der Waals surface area contributed by atoms with Crippen molar-refractivity contribution in [3.05, 3.63) is 16.1 Å². The molecule has 1 heterocycles. The largest absolute Gasteiger partial charge is 0.361 e. The molecule has 0 aliphatic rings. The molecule has 84 valence electrons. The second-order valence-corrected chi connectivity index (χ2v) is 5.12. The van der Waals surface area contributed by atoms with Crippen LogP contribution < -0.4 is 10.6 Å². The summed E-state index contributed by atoms with van der Waals surface area (Å²) in [7, 11) is 0. The second-order valence-electron chi connectivity index (χ2n) is 3.82. The van der Waals surface area contributed by atoms with E-state index in [1.807, 2.05) is 12.3 Å². The van der Waals surface area contributed by atoms with Gasteiger partial charge in [0.05, 0.1) is 6.04 Å². The maximum atomic E-state index is 5.17. The van der Waals surface area contributed by atoms with Crippen LogP contribution in [0.5, 0.6) is 0 Å². The first-order chi connectivity index (χ1) is 6.99. The highest BCUT2D eigenvalue weighted by Gasteiger charge is 2.10. The van der Waals surface area contributed by atoms with E-state index in [-0.39, 0.29) is 6.04 Å². The first-order valence-electron chi connectivity index (χ1n) is 4.98. The molecule has 0 aromatic carbocycles. The lowest BCUT2D eigenvalue weighted by atomic mass is 10.3. The summed E-state index contributed by atoms with van der Waals surface area (Å²) in [6, 6.07) is 0.526. The third-order valence-electron chi connectivity index (χ3n) is 1.77. The van der Waals surface area contributed by atoms with Gasteiger partial charge in [0.2, 0.25) is 0 Å². The molecule has 0 fully saturated rings. The second kappa shape index (κ2) is 5.42. The van der Waals surface area contributed by atoms with Gasteiger partial charge < -0.3 is 10.6 Å². The third kappa shape index (κ3) is 4.13. The Morgan fingerprint density at radius 3 is 2.53 bits per heavy atom. The topological polar surface area (TPSA) is 37.0 Å². The number of hydrogen-bond acceptors (Lipinski definition) is 3. The Bertz CT molecular complexity index is 333. The molecule has 0 saturated heterocycles. The summed E-state index contributed by atoms with van der Waals surface area (Å²) in [6.07, 6.45) is 0. The highest BCUT2D eigenvalue weighted by atomic mass is 32.1. The standard InChI is InChI=1S/C10H17N3S2/c1-6(2)11-10(14)13-8(4)9-12-7(3)5-15-9/h5-6,8H,1-4H3,(H2,11,13,14). The fourth-order valence-corrected chi connectivity index (χ4v) is 2.35. The Labute approximate surface area is 100 Å². The third-order valence-corrected chi connectivity index (χ3v) is 3.16. The van der Waals surface area contributed by atoms with Crippen molar-refractivity contribution in [2.24, 2.45) is 0 Å². The Hall–Kier alpha value is -0.680. The zero-order chi connectivity index (χ0) is 11.4. The number of aromatic nitrogens is 1. The fraction of sp³-hybridized carbons (Fsp3) is 0.600. The van der Waals surface area contributed by atoms with E-state index < -0.39 is 0 Å². The smallest absolute Gasteiger partial charge is 0.167 e. The lowest BCUT2D eigenvalue weighted by Gasteiger charge is -2.16. The Kier molecular flexibility index (Phi) is 4.47. The van der Waals surface area contributed by atoms with Crippen molar-refractivity contribution in [3.63, 3.8) is 0 Å². The van der Waals surface area contributed by atoms with Gasteiger partial charge in [-0.15, -0.1) is 11.3 Å².